The Balaban J connectivity index is 1.62. The van der Waals surface area contributed by atoms with Crippen molar-refractivity contribution < 1.29 is 9.53 Å². The highest BCUT2D eigenvalue weighted by atomic mass is 32.2. The zero-order valence-electron chi connectivity index (χ0n) is 13.5. The van der Waals surface area contributed by atoms with Gasteiger partial charge in [-0.1, -0.05) is 60.3 Å². The summed E-state index contributed by atoms with van der Waals surface area (Å²) in [6.45, 7) is 0. The van der Waals surface area contributed by atoms with E-state index >= 15 is 0 Å². The Morgan fingerprint density at radius 1 is 1.16 bits per heavy atom. The van der Waals surface area contributed by atoms with Gasteiger partial charge < -0.3 is 4.74 Å². The molecule has 2 aromatic carbocycles. The van der Waals surface area contributed by atoms with Crippen LogP contribution in [0.25, 0.3) is 0 Å². The van der Waals surface area contributed by atoms with Gasteiger partial charge in [0.05, 0.1) is 11.8 Å². The van der Waals surface area contributed by atoms with E-state index in [0.717, 1.165) is 29.0 Å². The molecular weight excluding hydrogens is 334 g/mol. The third-order valence-electron chi connectivity index (χ3n) is 4.92. The van der Waals surface area contributed by atoms with E-state index in [0.29, 0.717) is 12.2 Å². The van der Waals surface area contributed by atoms with Gasteiger partial charge in [-0.25, -0.2) is 5.01 Å². The highest BCUT2D eigenvalue weighted by Crippen LogP contribution is 2.48. The Labute approximate surface area is 150 Å². The van der Waals surface area contributed by atoms with Crippen LogP contribution in [0.2, 0.25) is 0 Å². The number of hydrazone groups is 1. The van der Waals surface area contributed by atoms with Gasteiger partial charge in [0.2, 0.25) is 0 Å². The highest BCUT2D eigenvalue weighted by molar-refractivity contribution is 8.13. The summed E-state index contributed by atoms with van der Waals surface area (Å²) in [4.78, 5) is 12.1. The minimum absolute atomic E-state index is 0.0623. The second kappa shape index (κ2) is 5.52. The molecule has 0 radical (unpaired) electrons. The van der Waals surface area contributed by atoms with Crippen molar-refractivity contribution in [3.05, 3.63) is 65.7 Å². The van der Waals surface area contributed by atoms with Crippen molar-refractivity contribution in [2.24, 2.45) is 5.10 Å². The number of para-hydroxylation sites is 1. The Morgan fingerprint density at radius 2 is 1.96 bits per heavy atom. The number of thioether (sulfide) groups is 1. The van der Waals surface area contributed by atoms with Crippen LogP contribution in [0.3, 0.4) is 0 Å². The SMILES string of the molecule is O=C1N[C@@]2(CCS1)Oc1ccccc1[C@H]1CC(c3ccccc3)=NN12. The third kappa shape index (κ3) is 2.32. The smallest absolute Gasteiger partial charge is 0.283 e. The Kier molecular flexibility index (Phi) is 3.28. The molecule has 2 aromatic rings. The first-order valence-corrected chi connectivity index (χ1v) is 9.39. The number of carbonyl (C=O) groups excluding carboxylic acids is 1. The molecule has 5 nitrogen and oxygen atoms in total. The van der Waals surface area contributed by atoms with Crippen molar-refractivity contribution in [3.63, 3.8) is 0 Å². The fourth-order valence-corrected chi connectivity index (χ4v) is 4.55. The molecule has 0 aromatic heterocycles. The number of rotatable bonds is 1. The van der Waals surface area contributed by atoms with Gasteiger partial charge >= 0.3 is 0 Å². The number of ether oxygens (including phenoxy) is 1. The van der Waals surface area contributed by atoms with Crippen LogP contribution in [0.5, 0.6) is 5.75 Å². The fraction of sp³-hybridized carbons (Fsp3) is 0.263. The molecule has 25 heavy (non-hydrogen) atoms. The molecule has 0 bridgehead atoms. The fourth-order valence-electron chi connectivity index (χ4n) is 3.76. The number of nitrogens with one attached hydrogen (secondary N) is 1. The van der Waals surface area contributed by atoms with E-state index in [4.69, 9.17) is 9.84 Å². The predicted octanol–water partition coefficient (Wildman–Crippen LogP) is 3.73. The van der Waals surface area contributed by atoms with Crippen LogP contribution in [-0.4, -0.2) is 27.6 Å². The van der Waals surface area contributed by atoms with Crippen LogP contribution in [0, 0.1) is 0 Å². The van der Waals surface area contributed by atoms with E-state index in [1.165, 1.54) is 11.8 Å². The number of nitrogens with zero attached hydrogens (tertiary/aromatic N) is 2. The molecule has 126 valence electrons. The second-order valence-electron chi connectivity index (χ2n) is 6.41. The molecule has 0 saturated carbocycles. The number of benzene rings is 2. The summed E-state index contributed by atoms with van der Waals surface area (Å²) in [5, 5.41) is 9.83. The zero-order valence-corrected chi connectivity index (χ0v) is 14.3. The average Bonchev–Trinajstić information content (AvgIpc) is 3.09. The number of hydrogen-bond acceptors (Lipinski definition) is 5. The zero-order chi connectivity index (χ0) is 16.9. The Bertz CT molecular complexity index is 870. The van der Waals surface area contributed by atoms with E-state index in [1.807, 2.05) is 41.4 Å². The molecule has 5 rings (SSSR count). The molecule has 0 unspecified atom stereocenters. The summed E-state index contributed by atoms with van der Waals surface area (Å²) < 4.78 is 6.30. The number of carbonyl (C=O) groups is 1. The number of amides is 1. The van der Waals surface area contributed by atoms with Gasteiger partial charge in [-0.2, -0.15) is 5.10 Å². The van der Waals surface area contributed by atoms with Crippen molar-refractivity contribution in [1.29, 1.82) is 0 Å². The number of hydrogen-bond donors (Lipinski definition) is 1. The van der Waals surface area contributed by atoms with E-state index in [2.05, 4.69) is 23.5 Å². The lowest BCUT2D eigenvalue weighted by Crippen LogP contribution is -2.65. The second-order valence-corrected chi connectivity index (χ2v) is 7.48. The van der Waals surface area contributed by atoms with Gasteiger partial charge in [-0.3, -0.25) is 10.1 Å². The van der Waals surface area contributed by atoms with E-state index in [-0.39, 0.29) is 11.3 Å². The largest absolute Gasteiger partial charge is 0.448 e. The lowest BCUT2D eigenvalue weighted by atomic mass is 9.95. The van der Waals surface area contributed by atoms with Crippen LogP contribution in [-0.2, 0) is 0 Å². The molecule has 1 N–H and O–H groups in total. The maximum Gasteiger partial charge on any atom is 0.283 e. The first-order chi connectivity index (χ1) is 12.3. The minimum Gasteiger partial charge on any atom is -0.448 e. The van der Waals surface area contributed by atoms with Gasteiger partial charge in [-0.05, 0) is 11.6 Å². The monoisotopic (exact) mass is 351 g/mol. The molecule has 2 atom stereocenters. The molecule has 1 amide bonds. The Hall–Kier alpha value is -2.47. The van der Waals surface area contributed by atoms with Crippen LogP contribution in [0.15, 0.2) is 59.7 Å². The van der Waals surface area contributed by atoms with Crippen LogP contribution in [0.1, 0.15) is 30.0 Å². The summed E-state index contributed by atoms with van der Waals surface area (Å²) in [6, 6.07) is 18.3. The predicted molar refractivity (Wildman–Crippen MR) is 97.6 cm³/mol. The molecule has 0 aliphatic carbocycles. The summed E-state index contributed by atoms with van der Waals surface area (Å²) in [5.41, 5.74) is 3.26. The molecule has 1 saturated heterocycles. The lowest BCUT2D eigenvalue weighted by Gasteiger charge is -2.48. The van der Waals surface area contributed by atoms with Gasteiger partial charge in [-0.15, -0.1) is 0 Å². The molecule has 1 spiro atoms. The normalized spacial score (nSPS) is 27.2. The summed E-state index contributed by atoms with van der Waals surface area (Å²) >= 11 is 1.29. The van der Waals surface area contributed by atoms with Crippen LogP contribution < -0.4 is 10.1 Å². The van der Waals surface area contributed by atoms with E-state index in [1.54, 1.807) is 0 Å². The molecule has 3 aliphatic heterocycles. The summed E-state index contributed by atoms with van der Waals surface area (Å²) in [5.74, 6) is 0.658. The van der Waals surface area contributed by atoms with Gasteiger partial charge in [0.1, 0.15) is 5.75 Å². The summed E-state index contributed by atoms with van der Waals surface area (Å²) in [7, 11) is 0. The van der Waals surface area contributed by atoms with Crippen molar-refractivity contribution in [2.45, 2.75) is 24.7 Å². The van der Waals surface area contributed by atoms with Gasteiger partial charge in [0.15, 0.2) is 0 Å². The quantitative estimate of drug-likeness (QED) is 0.851. The standard InChI is InChI=1S/C19H17N3O2S/c23-18-20-19(10-11-25-18)22-16(14-8-4-5-9-17(14)24-19)12-15(21-22)13-6-2-1-3-7-13/h1-9,16H,10-12H2,(H,20,23)/t16-,19-/m1/s1. The van der Waals surface area contributed by atoms with E-state index < -0.39 is 5.85 Å². The third-order valence-corrected chi connectivity index (χ3v) is 5.69. The van der Waals surface area contributed by atoms with Crippen molar-refractivity contribution >= 4 is 22.7 Å². The van der Waals surface area contributed by atoms with Gasteiger partial charge in [0, 0.05) is 24.2 Å². The average molecular weight is 351 g/mol. The van der Waals surface area contributed by atoms with Crippen LogP contribution >= 0.6 is 11.8 Å². The van der Waals surface area contributed by atoms with Gasteiger partial charge in [0.25, 0.3) is 11.1 Å². The van der Waals surface area contributed by atoms with E-state index in [9.17, 15) is 4.79 Å². The Morgan fingerprint density at radius 3 is 2.80 bits per heavy atom. The van der Waals surface area contributed by atoms with Crippen molar-refractivity contribution in [3.8, 4) is 5.75 Å². The molecule has 3 heterocycles. The summed E-state index contributed by atoms with van der Waals surface area (Å²) in [6.07, 6.45) is 1.50. The molecule has 1 fully saturated rings. The molecule has 6 heteroatoms. The van der Waals surface area contributed by atoms with Crippen molar-refractivity contribution in [1.82, 2.24) is 10.3 Å². The molecule has 3 aliphatic rings. The maximum absolute atomic E-state index is 12.1. The molecular formula is C19H17N3O2S. The van der Waals surface area contributed by atoms with Crippen LogP contribution in [0.4, 0.5) is 4.79 Å². The highest BCUT2D eigenvalue weighted by Gasteiger charge is 2.52. The topological polar surface area (TPSA) is 53.9 Å². The maximum atomic E-state index is 12.1. The van der Waals surface area contributed by atoms with Crippen molar-refractivity contribution in [2.75, 3.05) is 5.75 Å². The number of fused-ring (bicyclic) bond motifs is 4. The first kappa shape index (κ1) is 14.8. The minimum atomic E-state index is -0.891. The first-order valence-electron chi connectivity index (χ1n) is 8.40. The lowest BCUT2D eigenvalue weighted by molar-refractivity contribution is -0.135.